The molecule has 1 atom stereocenters. The van der Waals surface area contributed by atoms with Gasteiger partial charge in [0.1, 0.15) is 28.7 Å². The van der Waals surface area contributed by atoms with Crippen molar-refractivity contribution in [3.05, 3.63) is 33.7 Å². The van der Waals surface area contributed by atoms with Crippen molar-refractivity contribution >= 4 is 34.6 Å². The number of amides is 1. The van der Waals surface area contributed by atoms with Crippen LogP contribution >= 0.6 is 11.8 Å². The normalized spacial score (nSPS) is 15.7. The van der Waals surface area contributed by atoms with E-state index in [1.165, 1.54) is 17.8 Å². The molecule has 3 rings (SSSR count). The Morgan fingerprint density at radius 1 is 1.37 bits per heavy atom. The molecule has 1 aliphatic heterocycles. The molecule has 0 radical (unpaired) electrons. The molecule has 0 unspecified atom stereocenters. The van der Waals surface area contributed by atoms with E-state index in [9.17, 15) is 19.5 Å². The monoisotopic (exact) mass is 435 g/mol. The SMILES string of the molecule is CSC[C@H](NC(=O)COc1cc2c(c3oc(=O)cc(C)c13)CCC(C)(C)O2)C(=O)O. The van der Waals surface area contributed by atoms with E-state index in [1.807, 2.05) is 13.8 Å². The Morgan fingerprint density at radius 2 is 2.10 bits per heavy atom. The van der Waals surface area contributed by atoms with Crippen molar-refractivity contribution in [3.63, 3.8) is 0 Å². The highest BCUT2D eigenvalue weighted by Crippen LogP contribution is 2.42. The van der Waals surface area contributed by atoms with Crippen molar-refractivity contribution in [1.29, 1.82) is 0 Å². The van der Waals surface area contributed by atoms with Crippen LogP contribution in [0.2, 0.25) is 0 Å². The summed E-state index contributed by atoms with van der Waals surface area (Å²) < 4.78 is 17.3. The summed E-state index contributed by atoms with van der Waals surface area (Å²) in [6.45, 7) is 5.33. The van der Waals surface area contributed by atoms with E-state index in [2.05, 4.69) is 5.32 Å². The Morgan fingerprint density at radius 3 is 2.77 bits per heavy atom. The average Bonchev–Trinajstić information content (AvgIpc) is 2.64. The van der Waals surface area contributed by atoms with Crippen molar-refractivity contribution in [2.24, 2.45) is 0 Å². The van der Waals surface area contributed by atoms with Crippen LogP contribution in [0.3, 0.4) is 0 Å². The minimum Gasteiger partial charge on any atom is -0.487 e. The fourth-order valence-corrected chi connectivity index (χ4v) is 4.01. The molecule has 0 saturated carbocycles. The van der Waals surface area contributed by atoms with Gasteiger partial charge in [0, 0.05) is 23.4 Å². The number of fused-ring (bicyclic) bond motifs is 3. The topological polar surface area (TPSA) is 115 Å². The quantitative estimate of drug-likeness (QED) is 0.638. The molecule has 0 aliphatic carbocycles. The van der Waals surface area contributed by atoms with Gasteiger partial charge in [0.2, 0.25) is 0 Å². The van der Waals surface area contributed by atoms with Gasteiger partial charge in [-0.1, -0.05) is 0 Å². The first kappa shape index (κ1) is 22.0. The van der Waals surface area contributed by atoms with Gasteiger partial charge in [-0.05, 0) is 45.4 Å². The van der Waals surface area contributed by atoms with E-state index in [0.29, 0.717) is 34.5 Å². The third-order valence-electron chi connectivity index (χ3n) is 4.93. The number of rotatable bonds is 7. The number of carbonyl (C=O) groups is 2. The molecular weight excluding hydrogens is 410 g/mol. The molecule has 30 heavy (non-hydrogen) atoms. The molecule has 0 spiro atoms. The van der Waals surface area contributed by atoms with Crippen molar-refractivity contribution in [2.75, 3.05) is 18.6 Å². The van der Waals surface area contributed by atoms with E-state index in [0.717, 1.165) is 12.0 Å². The van der Waals surface area contributed by atoms with Crippen LogP contribution in [0.1, 0.15) is 31.4 Å². The first-order chi connectivity index (χ1) is 14.1. The van der Waals surface area contributed by atoms with Gasteiger partial charge in [0.15, 0.2) is 6.61 Å². The van der Waals surface area contributed by atoms with Gasteiger partial charge in [-0.3, -0.25) is 4.79 Å². The van der Waals surface area contributed by atoms with Crippen molar-refractivity contribution in [2.45, 2.75) is 45.3 Å². The number of aliphatic carboxylic acids is 1. The van der Waals surface area contributed by atoms with Gasteiger partial charge in [-0.2, -0.15) is 11.8 Å². The maximum absolute atomic E-state index is 12.3. The van der Waals surface area contributed by atoms with Crippen LogP contribution in [0.4, 0.5) is 0 Å². The molecule has 1 aromatic heterocycles. The molecule has 1 aromatic carbocycles. The molecule has 0 fully saturated rings. The van der Waals surface area contributed by atoms with Gasteiger partial charge >= 0.3 is 11.6 Å². The lowest BCUT2D eigenvalue weighted by Crippen LogP contribution is -2.44. The summed E-state index contributed by atoms with van der Waals surface area (Å²) in [5, 5.41) is 12.2. The zero-order valence-electron chi connectivity index (χ0n) is 17.4. The average molecular weight is 435 g/mol. The summed E-state index contributed by atoms with van der Waals surface area (Å²) in [5.41, 5.74) is 1.01. The summed E-state index contributed by atoms with van der Waals surface area (Å²) in [4.78, 5) is 35.5. The summed E-state index contributed by atoms with van der Waals surface area (Å²) in [6, 6.07) is 2.07. The number of ether oxygens (including phenoxy) is 2. The minimum absolute atomic E-state index is 0.246. The molecule has 9 heteroatoms. The largest absolute Gasteiger partial charge is 0.487 e. The Labute approximate surface area is 177 Å². The number of thioether (sulfide) groups is 1. The zero-order valence-corrected chi connectivity index (χ0v) is 18.2. The van der Waals surface area contributed by atoms with Gasteiger partial charge in [-0.25, -0.2) is 9.59 Å². The number of hydrogen-bond donors (Lipinski definition) is 2. The highest BCUT2D eigenvalue weighted by atomic mass is 32.2. The van der Waals surface area contributed by atoms with Crippen LogP contribution in [0.5, 0.6) is 11.5 Å². The van der Waals surface area contributed by atoms with Gasteiger partial charge in [-0.15, -0.1) is 0 Å². The molecule has 2 heterocycles. The Bertz CT molecular complexity index is 1040. The highest BCUT2D eigenvalue weighted by Gasteiger charge is 2.30. The van der Waals surface area contributed by atoms with Crippen LogP contribution in [0, 0.1) is 6.92 Å². The number of carboxylic acids is 1. The molecular formula is C21H25NO7S. The number of benzene rings is 1. The summed E-state index contributed by atoms with van der Waals surface area (Å²) in [6.07, 6.45) is 3.21. The smallest absolute Gasteiger partial charge is 0.336 e. The highest BCUT2D eigenvalue weighted by molar-refractivity contribution is 7.98. The van der Waals surface area contributed by atoms with Crippen LogP contribution in [-0.2, 0) is 16.0 Å². The second-order valence-electron chi connectivity index (χ2n) is 7.87. The molecule has 1 amide bonds. The second-order valence-corrected chi connectivity index (χ2v) is 8.78. The molecule has 0 saturated heterocycles. The molecule has 2 N–H and O–H groups in total. The predicted molar refractivity (Wildman–Crippen MR) is 114 cm³/mol. The van der Waals surface area contributed by atoms with E-state index in [1.54, 1.807) is 19.2 Å². The van der Waals surface area contributed by atoms with E-state index in [4.69, 9.17) is 13.9 Å². The summed E-state index contributed by atoms with van der Waals surface area (Å²) in [5.74, 6) is -0.525. The molecule has 1 aliphatic rings. The van der Waals surface area contributed by atoms with Gasteiger partial charge in [0.05, 0.1) is 5.39 Å². The standard InChI is InChI=1S/C21H25NO7S/c1-11-7-17(24)28-19-12-5-6-21(2,3)29-14(12)8-15(18(11)19)27-9-16(23)22-13(10-30-4)20(25)26/h7-8,13H,5-6,9-10H2,1-4H3,(H,22,23)(H,25,26)/t13-/m0/s1. The van der Waals surface area contributed by atoms with Gasteiger partial charge < -0.3 is 24.3 Å². The predicted octanol–water partition coefficient (Wildman–Crippen LogP) is 2.52. The first-order valence-corrected chi connectivity index (χ1v) is 10.9. The van der Waals surface area contributed by atoms with Crippen molar-refractivity contribution < 1.29 is 28.6 Å². The third kappa shape index (κ3) is 4.72. The summed E-state index contributed by atoms with van der Waals surface area (Å²) >= 11 is 1.32. The fourth-order valence-electron chi connectivity index (χ4n) is 3.46. The van der Waals surface area contributed by atoms with Gasteiger partial charge in [0.25, 0.3) is 5.91 Å². The minimum atomic E-state index is -1.11. The van der Waals surface area contributed by atoms with Crippen LogP contribution in [0.25, 0.3) is 11.0 Å². The van der Waals surface area contributed by atoms with Crippen molar-refractivity contribution in [1.82, 2.24) is 5.32 Å². The third-order valence-corrected chi connectivity index (χ3v) is 5.59. The molecule has 2 aromatic rings. The van der Waals surface area contributed by atoms with Crippen molar-refractivity contribution in [3.8, 4) is 11.5 Å². The second kappa shape index (κ2) is 8.59. The number of aryl methyl sites for hydroxylation is 2. The number of nitrogens with one attached hydrogen (secondary N) is 1. The van der Waals surface area contributed by atoms with Crippen LogP contribution in [0.15, 0.2) is 21.3 Å². The maximum atomic E-state index is 12.3. The number of carboxylic acid groups (broad SMARTS) is 1. The summed E-state index contributed by atoms with van der Waals surface area (Å²) in [7, 11) is 0. The number of hydrogen-bond acceptors (Lipinski definition) is 7. The maximum Gasteiger partial charge on any atom is 0.336 e. The fraction of sp³-hybridized carbons (Fsp3) is 0.476. The van der Waals surface area contributed by atoms with Crippen LogP contribution in [-0.4, -0.2) is 47.2 Å². The van der Waals surface area contributed by atoms with E-state index < -0.39 is 23.5 Å². The Kier molecular flexibility index (Phi) is 6.30. The Hall–Kier alpha value is -2.68. The zero-order chi connectivity index (χ0) is 22.1. The lowest BCUT2D eigenvalue weighted by atomic mass is 9.92. The first-order valence-electron chi connectivity index (χ1n) is 9.54. The lowest BCUT2D eigenvalue weighted by molar-refractivity contribution is -0.141. The lowest BCUT2D eigenvalue weighted by Gasteiger charge is -2.33. The number of carbonyl (C=O) groups excluding carboxylic acids is 1. The molecule has 0 bridgehead atoms. The van der Waals surface area contributed by atoms with E-state index in [-0.39, 0.29) is 18.0 Å². The van der Waals surface area contributed by atoms with Crippen LogP contribution < -0.4 is 20.4 Å². The Balaban J connectivity index is 1.93. The molecule has 162 valence electrons. The molecule has 8 nitrogen and oxygen atoms in total. The van der Waals surface area contributed by atoms with E-state index >= 15 is 0 Å².